The van der Waals surface area contributed by atoms with E-state index in [1.807, 2.05) is 42.8 Å². The number of rotatable bonds is 0. The summed E-state index contributed by atoms with van der Waals surface area (Å²) in [6, 6.07) is 0. The number of hydrogen-bond donors (Lipinski definition) is 1. The predicted molar refractivity (Wildman–Crippen MR) is 69.6 cm³/mol. The average Bonchev–Trinajstić information content (AvgIpc) is 2.49. The maximum absolute atomic E-state index is 9.19. The van der Waals surface area contributed by atoms with Gasteiger partial charge in [0.1, 0.15) is 0 Å². The summed E-state index contributed by atoms with van der Waals surface area (Å²) >= 11 is 0. The van der Waals surface area contributed by atoms with Gasteiger partial charge in [0.15, 0.2) is 0 Å². The summed E-state index contributed by atoms with van der Waals surface area (Å²) in [7, 11) is -3.67. The molecular weight excluding hydrogens is 238 g/mol. The first-order chi connectivity index (χ1) is 7.97. The van der Waals surface area contributed by atoms with Crippen LogP contribution in [0.2, 0.25) is 0 Å². The molecule has 0 saturated carbocycles. The number of fused-ring (bicyclic) bond motifs is 1. The molecule has 0 bridgehead atoms. The summed E-state index contributed by atoms with van der Waals surface area (Å²) in [5, 5.41) is 0. The molecule has 0 unspecified atom stereocenters. The summed E-state index contributed by atoms with van der Waals surface area (Å²) < 4.78 is 25.9. The first-order valence-electron chi connectivity index (χ1n) is 4.85. The molecule has 1 heterocycles. The molecular formula is C12H13NO3S. The molecule has 0 radical (unpaired) electrons. The third kappa shape index (κ3) is 6.44. The molecule has 0 spiro atoms. The monoisotopic (exact) mass is 251 g/mol. The van der Waals surface area contributed by atoms with E-state index in [0.29, 0.717) is 6.26 Å². The van der Waals surface area contributed by atoms with Gasteiger partial charge in [0.2, 0.25) is 0 Å². The van der Waals surface area contributed by atoms with Gasteiger partial charge in [-0.05, 0) is 23.3 Å². The topological polar surface area (TPSA) is 66.7 Å². The van der Waals surface area contributed by atoms with Crippen molar-refractivity contribution >= 4 is 16.3 Å². The second-order valence-electron chi connectivity index (χ2n) is 3.33. The summed E-state index contributed by atoms with van der Waals surface area (Å²) in [5.41, 5.74) is 2.41. The molecule has 1 N–H and O–H groups in total. The van der Waals surface area contributed by atoms with Crippen molar-refractivity contribution in [2.24, 2.45) is 4.99 Å². The van der Waals surface area contributed by atoms with Crippen LogP contribution < -0.4 is 0 Å². The van der Waals surface area contributed by atoms with E-state index in [-0.39, 0.29) is 0 Å². The number of hydrogen-bond acceptors (Lipinski definition) is 3. The maximum Gasteiger partial charge on any atom is 0.261 e. The predicted octanol–water partition coefficient (Wildman–Crippen LogP) is 2.07. The molecule has 0 amide bonds. The standard InChI is InChI=1S/C11H9N.CH4O3S/c1-2-4-10-6-8-12-9-7-11(10)5-3-1;1-5(2,3)4/h1-9H;1H3,(H,2,3,4). The molecule has 90 valence electrons. The van der Waals surface area contributed by atoms with Crippen LogP contribution in [0, 0.1) is 0 Å². The lowest BCUT2D eigenvalue weighted by Gasteiger charge is -1.97. The first kappa shape index (κ1) is 13.3. The van der Waals surface area contributed by atoms with Gasteiger partial charge < -0.3 is 0 Å². The van der Waals surface area contributed by atoms with Crippen molar-refractivity contribution in [2.75, 3.05) is 6.26 Å². The highest BCUT2D eigenvalue weighted by molar-refractivity contribution is 7.85. The quantitative estimate of drug-likeness (QED) is 0.670. The molecule has 2 rings (SSSR count). The van der Waals surface area contributed by atoms with Gasteiger partial charge in [-0.25, -0.2) is 0 Å². The lowest BCUT2D eigenvalue weighted by Crippen LogP contribution is -1.88. The Kier molecular flexibility index (Phi) is 4.81. The van der Waals surface area contributed by atoms with Crippen molar-refractivity contribution < 1.29 is 13.0 Å². The summed E-state index contributed by atoms with van der Waals surface area (Å²) in [6.45, 7) is 0. The second kappa shape index (κ2) is 6.12. The molecule has 5 heteroatoms. The molecule has 0 fully saturated rings. The Hall–Kier alpha value is -1.72. The summed E-state index contributed by atoms with van der Waals surface area (Å²) in [5.74, 6) is 0. The maximum atomic E-state index is 9.19. The van der Waals surface area contributed by atoms with Crippen LogP contribution in [0.15, 0.2) is 64.9 Å². The van der Waals surface area contributed by atoms with E-state index in [1.165, 1.54) is 11.1 Å². The first-order valence-corrected chi connectivity index (χ1v) is 6.69. The minimum absolute atomic E-state index is 0.715. The molecule has 4 nitrogen and oxygen atoms in total. The van der Waals surface area contributed by atoms with Gasteiger partial charge in [0, 0.05) is 12.4 Å². The van der Waals surface area contributed by atoms with Crippen molar-refractivity contribution in [1.29, 1.82) is 0 Å². The summed E-state index contributed by atoms with van der Waals surface area (Å²) in [6.07, 6.45) is 18.6. The Labute approximate surface area is 101 Å². The number of aliphatic imine (C=N–C) groups is 1. The molecule has 0 aromatic carbocycles. The Morgan fingerprint density at radius 2 is 1.71 bits per heavy atom. The molecule has 1 aliphatic carbocycles. The Balaban J connectivity index is 0.000000249. The molecule has 0 aromatic rings. The fourth-order valence-electron chi connectivity index (χ4n) is 1.17. The van der Waals surface area contributed by atoms with Crippen molar-refractivity contribution in [3.05, 3.63) is 59.9 Å². The van der Waals surface area contributed by atoms with Crippen LogP contribution in [0.25, 0.3) is 0 Å². The normalized spacial score (nSPS) is 17.1. The van der Waals surface area contributed by atoms with E-state index < -0.39 is 10.1 Å². The van der Waals surface area contributed by atoms with Crippen LogP contribution in [0.3, 0.4) is 0 Å². The Morgan fingerprint density at radius 1 is 1.06 bits per heavy atom. The zero-order chi connectivity index (χ0) is 12.7. The fourth-order valence-corrected chi connectivity index (χ4v) is 1.17. The van der Waals surface area contributed by atoms with E-state index in [2.05, 4.69) is 17.1 Å². The fraction of sp³-hybridized carbons (Fsp3) is 0.0833. The SMILES string of the molecule is C1=CC=C2C=CN=CC=C2C=C1.CS(=O)(=O)O. The summed E-state index contributed by atoms with van der Waals surface area (Å²) in [4.78, 5) is 4.04. The second-order valence-corrected chi connectivity index (χ2v) is 4.80. The van der Waals surface area contributed by atoms with Crippen molar-refractivity contribution in [2.45, 2.75) is 0 Å². The minimum Gasteiger partial charge on any atom is -0.286 e. The lowest BCUT2D eigenvalue weighted by molar-refractivity contribution is 0.490. The van der Waals surface area contributed by atoms with Gasteiger partial charge in [0.25, 0.3) is 10.1 Å². The van der Waals surface area contributed by atoms with Crippen LogP contribution in [0.4, 0.5) is 0 Å². The number of nitrogens with zero attached hydrogens (tertiary/aromatic N) is 1. The van der Waals surface area contributed by atoms with E-state index in [0.717, 1.165) is 0 Å². The minimum atomic E-state index is -3.67. The molecule has 1 aliphatic heterocycles. The highest BCUT2D eigenvalue weighted by Crippen LogP contribution is 2.16. The van der Waals surface area contributed by atoms with E-state index in [1.54, 1.807) is 0 Å². The van der Waals surface area contributed by atoms with Crippen LogP contribution >= 0.6 is 0 Å². The largest absolute Gasteiger partial charge is 0.286 e. The van der Waals surface area contributed by atoms with E-state index >= 15 is 0 Å². The van der Waals surface area contributed by atoms with Crippen molar-refractivity contribution in [3.63, 3.8) is 0 Å². The van der Waals surface area contributed by atoms with Crippen LogP contribution in [-0.2, 0) is 10.1 Å². The highest BCUT2D eigenvalue weighted by atomic mass is 32.2. The van der Waals surface area contributed by atoms with Crippen LogP contribution in [-0.4, -0.2) is 25.4 Å². The third-order valence-electron chi connectivity index (χ3n) is 1.79. The lowest BCUT2D eigenvalue weighted by atomic mass is 10.1. The van der Waals surface area contributed by atoms with Crippen molar-refractivity contribution in [3.8, 4) is 0 Å². The van der Waals surface area contributed by atoms with Gasteiger partial charge in [0.05, 0.1) is 6.26 Å². The van der Waals surface area contributed by atoms with E-state index in [9.17, 15) is 8.42 Å². The molecule has 0 aromatic heterocycles. The van der Waals surface area contributed by atoms with E-state index in [4.69, 9.17) is 4.55 Å². The molecule has 0 saturated heterocycles. The van der Waals surface area contributed by atoms with Gasteiger partial charge in [-0.3, -0.25) is 9.55 Å². The van der Waals surface area contributed by atoms with Crippen LogP contribution in [0.5, 0.6) is 0 Å². The Morgan fingerprint density at radius 3 is 2.41 bits per heavy atom. The zero-order valence-corrected chi connectivity index (χ0v) is 10.1. The molecule has 2 aliphatic rings. The Bertz CT molecular complexity index is 502. The van der Waals surface area contributed by atoms with Crippen molar-refractivity contribution in [1.82, 2.24) is 0 Å². The van der Waals surface area contributed by atoms with Gasteiger partial charge in [-0.15, -0.1) is 0 Å². The zero-order valence-electron chi connectivity index (χ0n) is 9.32. The average molecular weight is 251 g/mol. The van der Waals surface area contributed by atoms with Gasteiger partial charge >= 0.3 is 0 Å². The smallest absolute Gasteiger partial charge is 0.261 e. The van der Waals surface area contributed by atoms with Gasteiger partial charge in [-0.2, -0.15) is 8.42 Å². The molecule has 17 heavy (non-hydrogen) atoms. The van der Waals surface area contributed by atoms with Crippen LogP contribution in [0.1, 0.15) is 0 Å². The highest BCUT2D eigenvalue weighted by Gasteiger charge is 1.99. The third-order valence-corrected chi connectivity index (χ3v) is 1.79. The van der Waals surface area contributed by atoms with Gasteiger partial charge in [-0.1, -0.05) is 30.4 Å². The molecule has 0 atom stereocenters. The number of allylic oxidation sites excluding steroid dienone is 9.